The number of aliphatic hydroxyl groups is 2. The zero-order valence-corrected chi connectivity index (χ0v) is 33.3. The number of amides is 2. The first-order valence-corrected chi connectivity index (χ1v) is 21.6. The van der Waals surface area contributed by atoms with Crippen LogP contribution in [0.1, 0.15) is 32.9 Å². The van der Waals surface area contributed by atoms with E-state index in [4.69, 9.17) is 31.0 Å². The van der Waals surface area contributed by atoms with Crippen LogP contribution in [0.25, 0.3) is 11.2 Å². The van der Waals surface area contributed by atoms with Gasteiger partial charge in [-0.1, -0.05) is 25.6 Å². The minimum Gasteiger partial charge on any atom is -0.481 e. The van der Waals surface area contributed by atoms with E-state index < -0.39 is 102 Å². The van der Waals surface area contributed by atoms with Gasteiger partial charge in [0, 0.05) is 37.1 Å². The summed E-state index contributed by atoms with van der Waals surface area (Å²) in [6.45, 7) is 0.0258. The summed E-state index contributed by atoms with van der Waals surface area (Å²) in [5, 5.41) is 34.5. The van der Waals surface area contributed by atoms with Crippen molar-refractivity contribution in [2.75, 3.05) is 37.8 Å². The number of nitrogens with zero attached hydrogens (tertiary/aromatic N) is 4. The maximum Gasteiger partial charge on any atom is 0.481 e. The number of hydrogen-bond donors (Lipinski definition) is 10. The summed E-state index contributed by atoms with van der Waals surface area (Å²) >= 11 is 0.670. The zero-order valence-electron chi connectivity index (χ0n) is 29.8. The van der Waals surface area contributed by atoms with Gasteiger partial charge >= 0.3 is 29.4 Å². The van der Waals surface area contributed by atoms with E-state index in [1.54, 1.807) is 0 Å². The molecule has 2 aromatic rings. The summed E-state index contributed by atoms with van der Waals surface area (Å²) < 4.78 is 61.9. The number of carboxylic acid groups (broad SMARTS) is 1. The number of rotatable bonds is 22. The number of nitrogens with two attached hydrogens (primary N) is 1. The molecule has 0 bridgehead atoms. The van der Waals surface area contributed by atoms with Crippen molar-refractivity contribution in [3.8, 4) is 12.3 Å². The molecule has 26 nitrogen and oxygen atoms in total. The Hall–Kier alpha value is -3.41. The van der Waals surface area contributed by atoms with Crippen LogP contribution in [0, 0.1) is 23.7 Å². The standard InChI is InChI=1S/C27H40N7O19P3S/c1-4-5-14(25(39)40)26(41)57-9-8-29-16(35)6-7-30-23(38)20(37)27(2,3)11-50-56(47,48)53-55(45,46)49-10-15-19(52-54(42,43)44)18(36)24(51-15)34-13-33-17-21(28)31-12-32-22(17)34/h1,12-15,18-20,24,36-37H,5-11H2,2-3H3,(H,29,35)(H,30,38)(H,39,40)(H,45,46)(H,47,48)(H2,28,31,32)(H2,42,43,44). The van der Waals surface area contributed by atoms with Crippen LogP contribution < -0.4 is 16.4 Å². The van der Waals surface area contributed by atoms with Crippen molar-refractivity contribution in [3.63, 3.8) is 0 Å². The van der Waals surface area contributed by atoms with Crippen molar-refractivity contribution in [1.82, 2.24) is 30.2 Å². The van der Waals surface area contributed by atoms with Crippen molar-refractivity contribution < 1.29 is 90.4 Å². The number of aromatic nitrogens is 4. The molecule has 57 heavy (non-hydrogen) atoms. The van der Waals surface area contributed by atoms with E-state index in [9.17, 15) is 62.7 Å². The van der Waals surface area contributed by atoms with Gasteiger partial charge in [-0.25, -0.2) is 28.6 Å². The smallest absolute Gasteiger partial charge is 0.481 e. The number of carbonyl (C=O) groups excluding carboxylic acids is 3. The molecule has 0 aliphatic carbocycles. The van der Waals surface area contributed by atoms with Gasteiger partial charge < -0.3 is 56.0 Å². The van der Waals surface area contributed by atoms with Gasteiger partial charge in [0.2, 0.25) is 16.9 Å². The zero-order chi connectivity index (χ0) is 42.9. The highest BCUT2D eigenvalue weighted by molar-refractivity contribution is 8.13. The van der Waals surface area contributed by atoms with E-state index in [0.717, 1.165) is 17.2 Å². The largest absolute Gasteiger partial charge is 0.481 e. The van der Waals surface area contributed by atoms with Crippen LogP contribution in [0.5, 0.6) is 0 Å². The highest BCUT2D eigenvalue weighted by Crippen LogP contribution is 2.61. The first-order valence-electron chi connectivity index (χ1n) is 16.1. The number of terminal acetylenes is 1. The lowest BCUT2D eigenvalue weighted by molar-refractivity contribution is -0.144. The second-order valence-corrected chi connectivity index (χ2v) is 17.9. The molecule has 30 heteroatoms. The Kier molecular flexibility index (Phi) is 16.9. The van der Waals surface area contributed by atoms with Crippen LogP contribution in [0.3, 0.4) is 0 Å². The van der Waals surface area contributed by atoms with Gasteiger partial charge in [0.25, 0.3) is 0 Å². The lowest BCUT2D eigenvalue weighted by atomic mass is 9.87. The van der Waals surface area contributed by atoms with Crippen LogP contribution in [-0.4, -0.2) is 134 Å². The van der Waals surface area contributed by atoms with Gasteiger partial charge in [0.05, 0.1) is 19.5 Å². The van der Waals surface area contributed by atoms with Gasteiger partial charge in [-0.2, -0.15) is 4.31 Å². The average Bonchev–Trinajstić information content (AvgIpc) is 3.66. The van der Waals surface area contributed by atoms with E-state index >= 15 is 0 Å². The topological polar surface area (TPSA) is 401 Å². The Balaban J connectivity index is 1.49. The number of nitrogens with one attached hydrogen (secondary N) is 2. The molecule has 8 unspecified atom stereocenters. The Morgan fingerprint density at radius 2 is 1.75 bits per heavy atom. The third-order valence-electron chi connectivity index (χ3n) is 7.65. The fraction of sp³-hybridized carbons (Fsp3) is 0.593. The summed E-state index contributed by atoms with van der Waals surface area (Å²) in [7, 11) is -16.5. The first kappa shape index (κ1) is 48.0. The number of fused-ring (bicyclic) bond motifs is 1. The van der Waals surface area contributed by atoms with Crippen LogP contribution in [0.2, 0.25) is 0 Å². The molecule has 1 saturated heterocycles. The number of thioether (sulfide) groups is 1. The molecule has 318 valence electrons. The van der Waals surface area contributed by atoms with Gasteiger partial charge in [-0.15, -0.1) is 12.3 Å². The number of ether oxygens (including phenoxy) is 1. The van der Waals surface area contributed by atoms with E-state index in [-0.39, 0.29) is 48.7 Å². The molecule has 8 atom stereocenters. The minimum absolute atomic E-state index is 0.0149. The number of anilines is 1. The van der Waals surface area contributed by atoms with Gasteiger partial charge in [-0.05, 0) is 0 Å². The molecule has 11 N–H and O–H groups in total. The Morgan fingerprint density at radius 3 is 2.39 bits per heavy atom. The number of carbonyl (C=O) groups is 4. The lowest BCUT2D eigenvalue weighted by Crippen LogP contribution is -2.46. The SMILES string of the molecule is C#CCC(C(=O)O)C(=O)SCCNC(=O)CCNC(=O)C(O)C(C)(C)COP(=O)(O)OP(=O)(O)OCC1OC(n2cnc3c(N)ncnc32)C(O)C1OP(=O)(O)O. The van der Waals surface area contributed by atoms with Crippen LogP contribution in [-0.2, 0) is 55.5 Å². The van der Waals surface area contributed by atoms with Crippen molar-refractivity contribution in [3.05, 3.63) is 12.7 Å². The molecule has 0 spiro atoms. The van der Waals surface area contributed by atoms with E-state index in [1.807, 2.05) is 0 Å². The summed E-state index contributed by atoms with van der Waals surface area (Å²) in [6, 6.07) is 0. The second-order valence-electron chi connectivity index (χ2n) is 12.5. The molecule has 3 heterocycles. The third kappa shape index (κ3) is 14.1. The van der Waals surface area contributed by atoms with E-state index in [1.165, 1.54) is 13.8 Å². The van der Waals surface area contributed by atoms with Gasteiger partial charge in [0.1, 0.15) is 42.2 Å². The van der Waals surface area contributed by atoms with Gasteiger partial charge in [-0.3, -0.25) is 37.3 Å². The maximum absolute atomic E-state index is 12.7. The number of phosphoric acid groups is 3. The molecule has 1 aliphatic rings. The number of aliphatic carboxylic acids is 1. The third-order valence-corrected chi connectivity index (χ3v) is 11.7. The summed E-state index contributed by atoms with van der Waals surface area (Å²) in [5.41, 5.74) is 4.17. The second kappa shape index (κ2) is 20.0. The molecule has 1 aliphatic heterocycles. The molecule has 0 radical (unpaired) electrons. The minimum atomic E-state index is -5.60. The van der Waals surface area contributed by atoms with Crippen molar-refractivity contribution in [2.24, 2.45) is 11.3 Å². The fourth-order valence-corrected chi connectivity index (χ4v) is 8.39. The summed E-state index contributed by atoms with van der Waals surface area (Å²) in [5.74, 6) is -2.27. The molecule has 1 fully saturated rings. The number of phosphoric ester groups is 3. The first-order chi connectivity index (χ1) is 26.4. The highest BCUT2D eigenvalue weighted by atomic mass is 32.2. The number of carboxylic acids is 1. The fourth-order valence-electron chi connectivity index (χ4n) is 4.77. The molecular weight excluding hydrogens is 851 g/mol. The summed E-state index contributed by atoms with van der Waals surface area (Å²) in [4.78, 5) is 98.5. The molecule has 0 aromatic carbocycles. The van der Waals surface area contributed by atoms with Crippen molar-refractivity contribution >= 4 is 75.1 Å². The number of hydrogen-bond acceptors (Lipinski definition) is 19. The van der Waals surface area contributed by atoms with Crippen LogP contribution in [0.4, 0.5) is 5.82 Å². The number of aliphatic hydroxyl groups excluding tert-OH is 2. The Morgan fingerprint density at radius 1 is 1.09 bits per heavy atom. The van der Waals surface area contributed by atoms with Crippen LogP contribution >= 0.6 is 35.2 Å². The Bertz CT molecular complexity index is 1970. The molecular formula is C27H40N7O19P3S. The highest BCUT2D eigenvalue weighted by Gasteiger charge is 2.50. The van der Waals surface area contributed by atoms with Crippen molar-refractivity contribution in [2.45, 2.75) is 57.3 Å². The number of nitrogen functional groups attached to an aromatic ring is 1. The maximum atomic E-state index is 12.7. The summed E-state index contributed by atoms with van der Waals surface area (Å²) in [6.07, 6.45) is -2.41. The predicted octanol–water partition coefficient (Wildman–Crippen LogP) is -1.61. The molecule has 2 amide bonds. The van der Waals surface area contributed by atoms with Crippen molar-refractivity contribution in [1.29, 1.82) is 0 Å². The quantitative estimate of drug-likeness (QED) is 0.0275. The van der Waals surface area contributed by atoms with E-state index in [0.29, 0.717) is 11.8 Å². The Labute approximate surface area is 326 Å². The van der Waals surface area contributed by atoms with E-state index in [2.05, 4.69) is 40.3 Å². The average molecular weight is 892 g/mol. The predicted molar refractivity (Wildman–Crippen MR) is 192 cm³/mol. The molecule has 3 rings (SSSR count). The molecule has 2 aromatic heterocycles. The lowest BCUT2D eigenvalue weighted by Gasteiger charge is -2.30. The monoisotopic (exact) mass is 891 g/mol. The normalized spacial score (nSPS) is 21.8. The van der Waals surface area contributed by atoms with Crippen LogP contribution in [0.15, 0.2) is 12.7 Å². The van der Waals surface area contributed by atoms with Gasteiger partial charge in [0.15, 0.2) is 17.7 Å². The number of imidazole rings is 1. The molecule has 0 saturated carbocycles.